The zero-order valence-electron chi connectivity index (χ0n) is 7.08. The van der Waals surface area contributed by atoms with Crippen molar-refractivity contribution in [1.29, 1.82) is 0 Å². The van der Waals surface area contributed by atoms with E-state index in [1.807, 2.05) is 18.9 Å². The maximum atomic E-state index is 8.61. The summed E-state index contributed by atoms with van der Waals surface area (Å²) in [5, 5.41) is 8.61. The molecule has 3 N–H and O–H groups in total. The van der Waals surface area contributed by atoms with Gasteiger partial charge >= 0.3 is 0 Å². The Morgan fingerprint density at radius 1 is 1.73 bits per heavy atom. The molecule has 0 heterocycles. The summed E-state index contributed by atoms with van der Waals surface area (Å²) in [5.41, 5.74) is 5.37. The van der Waals surface area contributed by atoms with Gasteiger partial charge in [-0.2, -0.15) is 0 Å². The number of thiocarbonyl (C=S) groups is 1. The second kappa shape index (κ2) is 5.46. The largest absolute Gasteiger partial charge is 0.395 e. The number of aliphatic hydroxyl groups excluding tert-OH is 1. The molecule has 0 saturated carbocycles. The van der Waals surface area contributed by atoms with Crippen molar-refractivity contribution in [3.63, 3.8) is 0 Å². The summed E-state index contributed by atoms with van der Waals surface area (Å²) >= 11 is 4.76. The van der Waals surface area contributed by atoms with Gasteiger partial charge in [0.05, 0.1) is 11.6 Å². The third kappa shape index (κ3) is 5.12. The quantitative estimate of drug-likeness (QED) is 0.578. The predicted molar refractivity (Wildman–Crippen MR) is 50.6 cm³/mol. The molecule has 0 saturated heterocycles. The van der Waals surface area contributed by atoms with E-state index in [-0.39, 0.29) is 6.61 Å². The molecule has 0 amide bonds. The molecule has 0 fully saturated rings. The van der Waals surface area contributed by atoms with E-state index in [9.17, 15) is 0 Å². The van der Waals surface area contributed by atoms with Gasteiger partial charge in [-0.05, 0) is 14.0 Å². The maximum Gasteiger partial charge on any atom is 0.0742 e. The highest BCUT2D eigenvalue weighted by molar-refractivity contribution is 7.80. The van der Waals surface area contributed by atoms with E-state index in [4.69, 9.17) is 23.1 Å². The van der Waals surface area contributed by atoms with Gasteiger partial charge < -0.3 is 15.7 Å². The van der Waals surface area contributed by atoms with E-state index in [1.165, 1.54) is 0 Å². The van der Waals surface area contributed by atoms with Gasteiger partial charge in [0.2, 0.25) is 0 Å². The highest BCUT2D eigenvalue weighted by Crippen LogP contribution is 1.99. The number of hydrogen-bond acceptors (Lipinski definition) is 3. The van der Waals surface area contributed by atoms with Crippen LogP contribution < -0.4 is 5.73 Å². The molecular weight excluding hydrogens is 160 g/mol. The SMILES string of the molecule is CC(CC(N)=S)N(C)CCO. The standard InChI is InChI=1S/C7H16N2OS/c1-6(5-7(8)11)9(2)3-4-10/h6,10H,3-5H2,1-2H3,(H2,8,11). The minimum absolute atomic E-state index is 0.179. The van der Waals surface area contributed by atoms with Gasteiger partial charge in [0.1, 0.15) is 0 Å². The van der Waals surface area contributed by atoms with Gasteiger partial charge in [-0.1, -0.05) is 12.2 Å². The van der Waals surface area contributed by atoms with Crippen LogP contribution in [0.3, 0.4) is 0 Å². The Hall–Kier alpha value is -0.190. The van der Waals surface area contributed by atoms with Crippen molar-refractivity contribution in [3.8, 4) is 0 Å². The van der Waals surface area contributed by atoms with Crippen LogP contribution in [0.15, 0.2) is 0 Å². The van der Waals surface area contributed by atoms with Crippen LogP contribution in [0.25, 0.3) is 0 Å². The van der Waals surface area contributed by atoms with E-state index in [0.717, 1.165) is 0 Å². The highest BCUT2D eigenvalue weighted by atomic mass is 32.1. The first-order chi connectivity index (χ1) is 5.07. The second-order valence-corrected chi connectivity index (χ2v) is 3.25. The number of aliphatic hydroxyl groups is 1. The molecule has 4 heteroatoms. The van der Waals surface area contributed by atoms with Crippen molar-refractivity contribution >= 4 is 17.2 Å². The first-order valence-corrected chi connectivity index (χ1v) is 4.08. The van der Waals surface area contributed by atoms with Crippen LogP contribution in [-0.4, -0.2) is 41.2 Å². The fourth-order valence-corrected chi connectivity index (χ4v) is 1.07. The molecule has 0 bridgehead atoms. The van der Waals surface area contributed by atoms with E-state index in [2.05, 4.69) is 0 Å². The van der Waals surface area contributed by atoms with E-state index >= 15 is 0 Å². The fourth-order valence-electron chi connectivity index (χ4n) is 0.825. The average Bonchev–Trinajstić information content (AvgIpc) is 1.86. The summed E-state index contributed by atoms with van der Waals surface area (Å²) in [5.74, 6) is 0. The van der Waals surface area contributed by atoms with Crippen molar-refractivity contribution in [2.75, 3.05) is 20.2 Å². The third-order valence-corrected chi connectivity index (χ3v) is 1.87. The predicted octanol–water partition coefficient (Wildman–Crippen LogP) is -0.0248. The van der Waals surface area contributed by atoms with E-state index < -0.39 is 0 Å². The third-order valence-electron chi connectivity index (χ3n) is 1.70. The molecule has 11 heavy (non-hydrogen) atoms. The van der Waals surface area contributed by atoms with Gasteiger partial charge in [0.25, 0.3) is 0 Å². The normalized spacial score (nSPS) is 13.5. The Bertz CT molecular complexity index is 130. The molecule has 1 atom stereocenters. The van der Waals surface area contributed by atoms with Gasteiger partial charge in [-0.25, -0.2) is 0 Å². The van der Waals surface area contributed by atoms with Gasteiger partial charge in [0, 0.05) is 19.0 Å². The molecule has 0 aromatic rings. The first-order valence-electron chi connectivity index (χ1n) is 3.67. The molecule has 0 spiro atoms. The second-order valence-electron chi connectivity index (χ2n) is 2.72. The molecule has 1 unspecified atom stereocenters. The topological polar surface area (TPSA) is 49.5 Å². The number of likely N-dealkylation sites (N-methyl/N-ethyl adjacent to an activating group) is 1. The van der Waals surface area contributed by atoms with Gasteiger partial charge in [0.15, 0.2) is 0 Å². The molecule has 0 aromatic heterocycles. The number of nitrogens with zero attached hydrogens (tertiary/aromatic N) is 1. The van der Waals surface area contributed by atoms with Crippen molar-refractivity contribution in [2.24, 2.45) is 5.73 Å². The molecule has 0 radical (unpaired) electrons. The zero-order valence-corrected chi connectivity index (χ0v) is 7.90. The zero-order chi connectivity index (χ0) is 8.85. The number of hydrogen-bond donors (Lipinski definition) is 2. The summed E-state index contributed by atoms with van der Waals surface area (Å²) in [6.07, 6.45) is 0.714. The van der Waals surface area contributed by atoms with Crippen LogP contribution in [0.4, 0.5) is 0 Å². The molecule has 0 aromatic carbocycles. The molecule has 66 valence electrons. The highest BCUT2D eigenvalue weighted by Gasteiger charge is 2.08. The minimum Gasteiger partial charge on any atom is -0.395 e. The van der Waals surface area contributed by atoms with Crippen molar-refractivity contribution in [2.45, 2.75) is 19.4 Å². The fraction of sp³-hybridized carbons (Fsp3) is 0.857. The summed E-state index contributed by atoms with van der Waals surface area (Å²) in [6, 6.07) is 0.319. The Morgan fingerprint density at radius 2 is 2.27 bits per heavy atom. The van der Waals surface area contributed by atoms with Gasteiger partial charge in [-0.15, -0.1) is 0 Å². The van der Waals surface area contributed by atoms with Crippen LogP contribution in [0.1, 0.15) is 13.3 Å². The molecule has 0 aliphatic heterocycles. The molecule has 0 rings (SSSR count). The van der Waals surface area contributed by atoms with E-state index in [1.54, 1.807) is 0 Å². The lowest BCUT2D eigenvalue weighted by Gasteiger charge is -2.22. The minimum atomic E-state index is 0.179. The number of nitrogens with two attached hydrogens (primary N) is 1. The van der Waals surface area contributed by atoms with Crippen molar-refractivity contribution in [1.82, 2.24) is 4.90 Å². The van der Waals surface area contributed by atoms with Crippen molar-refractivity contribution in [3.05, 3.63) is 0 Å². The van der Waals surface area contributed by atoms with Crippen molar-refractivity contribution < 1.29 is 5.11 Å². The lowest BCUT2D eigenvalue weighted by molar-refractivity contribution is 0.190. The Labute approximate surface area is 73.2 Å². The van der Waals surface area contributed by atoms with Crippen LogP contribution >= 0.6 is 12.2 Å². The van der Waals surface area contributed by atoms with E-state index in [0.29, 0.717) is 24.0 Å². The molecule has 0 aliphatic rings. The number of rotatable bonds is 5. The summed E-state index contributed by atoms with van der Waals surface area (Å²) in [6.45, 7) is 2.89. The molecular formula is C7H16N2OS. The summed E-state index contributed by atoms with van der Waals surface area (Å²) < 4.78 is 0. The summed E-state index contributed by atoms with van der Waals surface area (Å²) in [4.78, 5) is 2.56. The molecule has 0 aliphatic carbocycles. The average molecular weight is 176 g/mol. The lowest BCUT2D eigenvalue weighted by Crippen LogP contribution is -2.34. The Morgan fingerprint density at radius 3 is 2.64 bits per heavy atom. The Kier molecular flexibility index (Phi) is 5.36. The van der Waals surface area contributed by atoms with Crippen LogP contribution in [0.2, 0.25) is 0 Å². The van der Waals surface area contributed by atoms with Crippen LogP contribution in [0.5, 0.6) is 0 Å². The lowest BCUT2D eigenvalue weighted by atomic mass is 10.2. The Balaban J connectivity index is 3.63. The first kappa shape index (κ1) is 10.8. The van der Waals surface area contributed by atoms with Crippen LogP contribution in [-0.2, 0) is 0 Å². The monoisotopic (exact) mass is 176 g/mol. The van der Waals surface area contributed by atoms with Gasteiger partial charge in [-0.3, -0.25) is 0 Å². The molecule has 3 nitrogen and oxygen atoms in total. The maximum absolute atomic E-state index is 8.61. The smallest absolute Gasteiger partial charge is 0.0742 e. The summed E-state index contributed by atoms with van der Waals surface area (Å²) in [7, 11) is 1.94. The van der Waals surface area contributed by atoms with Crippen LogP contribution in [0, 0.1) is 0 Å².